The number of rotatable bonds is 16. The van der Waals surface area contributed by atoms with Crippen molar-refractivity contribution in [2.45, 2.75) is 99.3 Å². The first-order chi connectivity index (χ1) is 16.6. The molecule has 0 saturated heterocycles. The Kier molecular flexibility index (Phi) is 19.6. The summed E-state index contributed by atoms with van der Waals surface area (Å²) in [5, 5.41) is 0. The van der Waals surface area contributed by atoms with Crippen LogP contribution in [0.3, 0.4) is 0 Å². The van der Waals surface area contributed by atoms with Crippen LogP contribution in [-0.4, -0.2) is 25.2 Å². The highest BCUT2D eigenvalue weighted by atomic mass is 16.5. The molecule has 0 bridgehead atoms. The van der Waals surface area contributed by atoms with Gasteiger partial charge >= 0.3 is 11.9 Å². The highest BCUT2D eigenvalue weighted by Gasteiger charge is 2.07. The van der Waals surface area contributed by atoms with Gasteiger partial charge in [-0.15, -0.1) is 6.58 Å². The number of ether oxygens (including phenoxy) is 2. The van der Waals surface area contributed by atoms with Gasteiger partial charge in [0, 0.05) is 6.42 Å². The van der Waals surface area contributed by atoms with Crippen LogP contribution >= 0.6 is 0 Å². The molecule has 0 aliphatic carbocycles. The average molecular weight is 487 g/mol. The lowest BCUT2D eigenvalue weighted by Crippen LogP contribution is -2.11. The summed E-state index contributed by atoms with van der Waals surface area (Å²) < 4.78 is 10.3. The molecule has 0 aliphatic heterocycles. The molecule has 0 saturated carbocycles. The van der Waals surface area contributed by atoms with Crippen molar-refractivity contribution < 1.29 is 19.1 Å². The molecule has 35 heavy (non-hydrogen) atoms. The van der Waals surface area contributed by atoms with Crippen molar-refractivity contribution in [2.24, 2.45) is 11.8 Å². The van der Waals surface area contributed by atoms with E-state index in [2.05, 4.69) is 47.3 Å². The largest absolute Gasteiger partial charge is 0.466 e. The fourth-order valence-corrected chi connectivity index (χ4v) is 3.36. The summed E-state index contributed by atoms with van der Waals surface area (Å²) in [5.41, 5.74) is 3.63. The first kappa shape index (κ1) is 32.6. The number of carbonyl (C=O) groups excluding carboxylic acids is 2. The van der Waals surface area contributed by atoms with Crippen molar-refractivity contribution in [3.8, 4) is 0 Å². The van der Waals surface area contributed by atoms with Crippen LogP contribution in [0.1, 0.15) is 98.5 Å². The molecule has 0 heterocycles. The Balaban J connectivity index is 0.000000691. The lowest BCUT2D eigenvalue weighted by Gasteiger charge is -2.11. The number of benzene rings is 1. The summed E-state index contributed by atoms with van der Waals surface area (Å²) in [7, 11) is 0. The molecule has 1 rings (SSSR count). The SMILES string of the molecule is C=C(C)CCCC(C)CCOC(=O)CC.CC(C)=CCCC(C)CCOC(=O)Cc1ccccc1. The Labute approximate surface area is 215 Å². The van der Waals surface area contributed by atoms with E-state index in [4.69, 9.17) is 9.47 Å². The predicted octanol–water partition coefficient (Wildman–Crippen LogP) is 8.26. The van der Waals surface area contributed by atoms with E-state index in [1.165, 1.54) is 24.0 Å². The molecule has 0 aliphatic rings. The van der Waals surface area contributed by atoms with Gasteiger partial charge in [-0.1, -0.05) is 74.7 Å². The van der Waals surface area contributed by atoms with Crippen molar-refractivity contribution in [2.75, 3.05) is 13.2 Å². The molecule has 0 spiro atoms. The number of hydrogen-bond donors (Lipinski definition) is 0. The minimum atomic E-state index is -0.132. The van der Waals surface area contributed by atoms with Gasteiger partial charge in [-0.05, 0) is 76.7 Å². The molecule has 2 atom stereocenters. The van der Waals surface area contributed by atoms with Gasteiger partial charge in [-0.3, -0.25) is 9.59 Å². The highest BCUT2D eigenvalue weighted by Crippen LogP contribution is 2.14. The van der Waals surface area contributed by atoms with Crippen LogP contribution in [0.4, 0.5) is 0 Å². The second-order valence-corrected chi connectivity index (χ2v) is 9.95. The maximum absolute atomic E-state index is 11.7. The molecule has 1 aromatic rings. The minimum Gasteiger partial charge on any atom is -0.466 e. The fourth-order valence-electron chi connectivity index (χ4n) is 3.36. The van der Waals surface area contributed by atoms with Crippen molar-refractivity contribution >= 4 is 11.9 Å². The third-order valence-electron chi connectivity index (χ3n) is 5.74. The number of esters is 2. The number of allylic oxidation sites excluding steroid dienone is 3. The Morgan fingerprint density at radius 2 is 1.46 bits per heavy atom. The number of hydrogen-bond acceptors (Lipinski definition) is 4. The van der Waals surface area contributed by atoms with Crippen LogP contribution in [0.15, 0.2) is 54.1 Å². The topological polar surface area (TPSA) is 52.6 Å². The van der Waals surface area contributed by atoms with Crippen molar-refractivity contribution in [3.63, 3.8) is 0 Å². The summed E-state index contributed by atoms with van der Waals surface area (Å²) in [5.74, 6) is 1.00. The van der Waals surface area contributed by atoms with E-state index in [0.717, 1.165) is 37.7 Å². The van der Waals surface area contributed by atoms with E-state index in [1.54, 1.807) is 0 Å². The van der Waals surface area contributed by atoms with Crippen molar-refractivity contribution in [1.82, 2.24) is 0 Å². The quantitative estimate of drug-likeness (QED) is 0.174. The van der Waals surface area contributed by atoms with Crippen LogP contribution in [-0.2, 0) is 25.5 Å². The van der Waals surface area contributed by atoms with Gasteiger partial charge in [0.05, 0.1) is 19.6 Å². The third-order valence-corrected chi connectivity index (χ3v) is 5.74. The van der Waals surface area contributed by atoms with Gasteiger partial charge in [0.2, 0.25) is 0 Å². The normalized spacial score (nSPS) is 11.9. The van der Waals surface area contributed by atoms with E-state index in [-0.39, 0.29) is 11.9 Å². The molecule has 1 aromatic carbocycles. The Bertz CT molecular complexity index is 732. The van der Waals surface area contributed by atoms with E-state index in [0.29, 0.717) is 37.9 Å². The molecule has 0 radical (unpaired) electrons. The maximum Gasteiger partial charge on any atom is 0.310 e. The van der Waals surface area contributed by atoms with Crippen LogP contribution in [0, 0.1) is 11.8 Å². The van der Waals surface area contributed by atoms with Gasteiger partial charge in [-0.25, -0.2) is 0 Å². The molecule has 0 aromatic heterocycles. The average Bonchev–Trinajstić information content (AvgIpc) is 2.79. The van der Waals surface area contributed by atoms with Gasteiger partial charge in [0.1, 0.15) is 0 Å². The van der Waals surface area contributed by atoms with E-state index < -0.39 is 0 Å². The zero-order valence-electron chi connectivity index (χ0n) is 23.2. The van der Waals surface area contributed by atoms with Gasteiger partial charge in [0.15, 0.2) is 0 Å². The standard InChI is InChI=1S/C18H26O2.C13H24O2/c1-15(2)8-7-9-16(3)12-13-20-18(19)14-17-10-5-4-6-11-17;1-5-13(14)15-10-9-12(4)8-6-7-11(2)3/h4-6,8,10-11,16H,7,9,12-14H2,1-3H3;12H,2,5-10H2,1,3-4H3. The van der Waals surface area contributed by atoms with E-state index >= 15 is 0 Å². The monoisotopic (exact) mass is 486 g/mol. The highest BCUT2D eigenvalue weighted by molar-refractivity contribution is 5.72. The fraction of sp³-hybridized carbons (Fsp3) is 0.613. The molecule has 2 unspecified atom stereocenters. The van der Waals surface area contributed by atoms with Gasteiger partial charge in [0.25, 0.3) is 0 Å². The molecule has 0 amide bonds. The lowest BCUT2D eigenvalue weighted by molar-refractivity contribution is -0.144. The first-order valence-corrected chi connectivity index (χ1v) is 13.3. The van der Waals surface area contributed by atoms with Gasteiger partial charge in [-0.2, -0.15) is 0 Å². The Morgan fingerprint density at radius 3 is 2.00 bits per heavy atom. The lowest BCUT2D eigenvalue weighted by atomic mass is 9.99. The summed E-state index contributed by atoms with van der Waals surface area (Å²) in [6.45, 7) is 17.5. The first-order valence-electron chi connectivity index (χ1n) is 13.3. The zero-order chi connectivity index (χ0) is 26.5. The molecule has 4 heteroatoms. The zero-order valence-corrected chi connectivity index (χ0v) is 23.2. The maximum atomic E-state index is 11.7. The summed E-state index contributed by atoms with van der Waals surface area (Å²) in [6, 6.07) is 9.72. The molecule has 198 valence electrons. The van der Waals surface area contributed by atoms with Crippen LogP contribution in [0.5, 0.6) is 0 Å². The Morgan fingerprint density at radius 1 is 0.886 bits per heavy atom. The van der Waals surface area contributed by atoms with E-state index in [1.807, 2.05) is 37.3 Å². The van der Waals surface area contributed by atoms with Crippen LogP contribution in [0.2, 0.25) is 0 Å². The summed E-state index contributed by atoms with van der Waals surface area (Å²) >= 11 is 0. The van der Waals surface area contributed by atoms with E-state index in [9.17, 15) is 9.59 Å². The molecular formula is C31H50O4. The summed E-state index contributed by atoms with van der Waals surface area (Å²) in [4.78, 5) is 22.5. The summed E-state index contributed by atoms with van der Waals surface area (Å²) in [6.07, 6.45) is 10.8. The van der Waals surface area contributed by atoms with Crippen LogP contribution < -0.4 is 0 Å². The minimum absolute atomic E-state index is 0.0934. The van der Waals surface area contributed by atoms with Gasteiger partial charge < -0.3 is 9.47 Å². The number of carbonyl (C=O) groups is 2. The van der Waals surface area contributed by atoms with Crippen molar-refractivity contribution in [3.05, 3.63) is 59.7 Å². The predicted molar refractivity (Wildman–Crippen MR) is 147 cm³/mol. The third kappa shape index (κ3) is 21.9. The molecule has 4 nitrogen and oxygen atoms in total. The second kappa shape index (κ2) is 21.0. The smallest absolute Gasteiger partial charge is 0.310 e. The van der Waals surface area contributed by atoms with Crippen molar-refractivity contribution in [1.29, 1.82) is 0 Å². The van der Waals surface area contributed by atoms with Crippen LogP contribution in [0.25, 0.3) is 0 Å². The molecule has 0 N–H and O–H groups in total. The molecule has 0 fully saturated rings. The Hall–Kier alpha value is -2.36. The molecular weight excluding hydrogens is 436 g/mol. The second-order valence-electron chi connectivity index (χ2n) is 9.95.